The summed E-state index contributed by atoms with van der Waals surface area (Å²) in [6.45, 7) is 0. The summed E-state index contributed by atoms with van der Waals surface area (Å²) >= 11 is 0. The van der Waals surface area contributed by atoms with Gasteiger partial charge in [-0.2, -0.15) is 5.10 Å². The lowest BCUT2D eigenvalue weighted by molar-refractivity contribution is -0.385. The first-order valence-electron chi connectivity index (χ1n) is 7.37. The van der Waals surface area contributed by atoms with Crippen LogP contribution in [0.1, 0.15) is 15.9 Å². The van der Waals surface area contributed by atoms with Gasteiger partial charge in [-0.15, -0.1) is 0 Å². The molecule has 26 heavy (non-hydrogen) atoms. The molecule has 2 aromatic rings. The second-order valence-corrected chi connectivity index (χ2v) is 5.08. The van der Waals surface area contributed by atoms with Gasteiger partial charge in [0.15, 0.2) is 0 Å². The third-order valence-electron chi connectivity index (χ3n) is 3.43. The van der Waals surface area contributed by atoms with Gasteiger partial charge in [0, 0.05) is 23.6 Å². The number of rotatable bonds is 7. The molecule has 0 aliphatic rings. The normalized spacial score (nSPS) is 10.9. The molecule has 0 aromatic heterocycles. The maximum atomic E-state index is 12.0. The fourth-order valence-corrected chi connectivity index (χ4v) is 2.10. The maximum absolute atomic E-state index is 12.0. The number of nitro benzene ring substituents is 1. The summed E-state index contributed by atoms with van der Waals surface area (Å²) < 4.78 is 4.98. The largest absolute Gasteiger partial charge is 0.543 e. The summed E-state index contributed by atoms with van der Waals surface area (Å²) in [6, 6.07) is 11.7. The summed E-state index contributed by atoms with van der Waals surface area (Å²) in [7, 11) is 1.48. The van der Waals surface area contributed by atoms with Gasteiger partial charge in [0.1, 0.15) is 5.75 Å². The van der Waals surface area contributed by atoms with Gasteiger partial charge < -0.3 is 14.6 Å². The van der Waals surface area contributed by atoms with Gasteiger partial charge >= 0.3 is 0 Å². The number of aliphatic carboxylic acids is 1. The van der Waals surface area contributed by atoms with Crippen molar-refractivity contribution in [2.45, 2.75) is 6.42 Å². The quantitative estimate of drug-likeness (QED) is 0.440. The van der Waals surface area contributed by atoms with Crippen LogP contribution in [0.15, 0.2) is 53.6 Å². The zero-order valence-electron chi connectivity index (χ0n) is 13.7. The van der Waals surface area contributed by atoms with Gasteiger partial charge in [-0.25, -0.2) is 5.43 Å². The standard InChI is InChI=1S/C17H15N3O6/c1-26-13-8-6-11(7-9-13)16(21)19-18-14(17(22)23)10-12-4-2-3-5-15(12)20(24)25/h2-9H,10H2,1H3,(H,19,21)(H,22,23)/p-1/b18-14+. The summed E-state index contributed by atoms with van der Waals surface area (Å²) in [4.78, 5) is 33.6. The summed E-state index contributed by atoms with van der Waals surface area (Å²) in [5.41, 5.74) is 1.69. The first-order chi connectivity index (χ1) is 12.4. The Morgan fingerprint density at radius 3 is 2.38 bits per heavy atom. The van der Waals surface area contributed by atoms with Gasteiger partial charge in [0.2, 0.25) is 0 Å². The van der Waals surface area contributed by atoms with Crippen LogP contribution in [-0.2, 0) is 11.2 Å². The number of carbonyl (C=O) groups excluding carboxylic acids is 2. The average molecular weight is 356 g/mol. The molecule has 0 aliphatic heterocycles. The first-order valence-corrected chi connectivity index (χ1v) is 7.37. The van der Waals surface area contributed by atoms with Crippen LogP contribution in [0.5, 0.6) is 5.75 Å². The van der Waals surface area contributed by atoms with Crippen LogP contribution in [0.4, 0.5) is 5.69 Å². The molecule has 2 rings (SSSR count). The molecule has 0 fully saturated rings. The number of amides is 1. The van der Waals surface area contributed by atoms with E-state index in [1.807, 2.05) is 0 Å². The lowest BCUT2D eigenvalue weighted by Crippen LogP contribution is -2.35. The Bertz CT molecular complexity index is 861. The van der Waals surface area contributed by atoms with Crippen LogP contribution in [0.25, 0.3) is 0 Å². The number of methoxy groups -OCH3 is 1. The Balaban J connectivity index is 2.17. The van der Waals surface area contributed by atoms with E-state index in [0.717, 1.165) is 0 Å². The molecule has 0 bridgehead atoms. The Hall–Kier alpha value is -3.75. The van der Waals surface area contributed by atoms with Gasteiger partial charge in [-0.1, -0.05) is 18.2 Å². The number of ether oxygens (including phenoxy) is 1. The predicted molar refractivity (Wildman–Crippen MR) is 89.7 cm³/mol. The number of carboxylic acid groups (broad SMARTS) is 1. The SMILES string of the molecule is COc1ccc(C(=O)N/N=C(\Cc2ccccc2[N+](=O)[O-])C(=O)[O-])cc1. The van der Waals surface area contributed by atoms with Crippen LogP contribution < -0.4 is 15.3 Å². The van der Waals surface area contributed by atoms with Crippen molar-refractivity contribution in [2.24, 2.45) is 5.10 Å². The molecule has 0 spiro atoms. The van der Waals surface area contributed by atoms with Crippen molar-refractivity contribution in [2.75, 3.05) is 7.11 Å². The van der Waals surface area contributed by atoms with Gasteiger partial charge in [-0.3, -0.25) is 14.9 Å². The predicted octanol–water partition coefficient (Wildman–Crippen LogP) is 0.682. The lowest BCUT2D eigenvalue weighted by Gasteiger charge is -2.09. The molecule has 0 aliphatic carbocycles. The highest BCUT2D eigenvalue weighted by molar-refractivity contribution is 6.35. The lowest BCUT2D eigenvalue weighted by atomic mass is 10.1. The van der Waals surface area contributed by atoms with E-state index in [-0.39, 0.29) is 23.2 Å². The fraction of sp³-hybridized carbons (Fsp3) is 0.118. The summed E-state index contributed by atoms with van der Waals surface area (Å²) in [6.07, 6.45) is -0.373. The number of nitro groups is 1. The molecular weight excluding hydrogens is 342 g/mol. The van der Waals surface area contributed by atoms with Crippen LogP contribution >= 0.6 is 0 Å². The highest BCUT2D eigenvalue weighted by atomic mass is 16.6. The van der Waals surface area contributed by atoms with Gasteiger partial charge in [0.25, 0.3) is 11.6 Å². The number of hydrogen-bond donors (Lipinski definition) is 1. The Kier molecular flexibility index (Phi) is 5.99. The van der Waals surface area contributed by atoms with Crippen molar-refractivity contribution < 1.29 is 24.4 Å². The molecule has 0 atom stereocenters. The van der Waals surface area contributed by atoms with E-state index in [0.29, 0.717) is 5.75 Å². The van der Waals surface area contributed by atoms with Crippen molar-refractivity contribution >= 4 is 23.3 Å². The van der Waals surface area contributed by atoms with Crippen molar-refractivity contribution in [3.05, 3.63) is 69.8 Å². The number of hydrazone groups is 1. The zero-order valence-corrected chi connectivity index (χ0v) is 13.7. The van der Waals surface area contributed by atoms with Crippen LogP contribution in [0.3, 0.4) is 0 Å². The number of nitrogens with one attached hydrogen (secondary N) is 1. The number of benzene rings is 2. The van der Waals surface area contributed by atoms with Crippen LogP contribution in [0, 0.1) is 10.1 Å². The highest BCUT2D eigenvalue weighted by Gasteiger charge is 2.15. The van der Waals surface area contributed by atoms with E-state index in [9.17, 15) is 24.8 Å². The number of nitrogens with zero attached hydrogens (tertiary/aromatic N) is 2. The molecule has 0 saturated heterocycles. The third-order valence-corrected chi connectivity index (χ3v) is 3.43. The number of para-hydroxylation sites is 1. The Labute approximate surface area is 148 Å². The number of carbonyl (C=O) groups is 2. The van der Waals surface area contributed by atoms with Gasteiger partial charge in [0.05, 0.1) is 23.7 Å². The smallest absolute Gasteiger partial charge is 0.272 e. The molecule has 2 aromatic carbocycles. The molecule has 0 saturated carbocycles. The summed E-state index contributed by atoms with van der Waals surface area (Å²) in [5, 5.41) is 25.8. The van der Waals surface area contributed by atoms with Crippen molar-refractivity contribution in [1.29, 1.82) is 0 Å². The molecule has 1 amide bonds. The van der Waals surface area contributed by atoms with Crippen LogP contribution in [-0.4, -0.2) is 29.6 Å². The van der Waals surface area contributed by atoms with Crippen LogP contribution in [0.2, 0.25) is 0 Å². The molecule has 0 unspecified atom stereocenters. The highest BCUT2D eigenvalue weighted by Crippen LogP contribution is 2.18. The fourth-order valence-electron chi connectivity index (χ4n) is 2.10. The molecule has 134 valence electrons. The Morgan fingerprint density at radius 2 is 1.81 bits per heavy atom. The van der Waals surface area contributed by atoms with E-state index >= 15 is 0 Å². The number of hydrogen-bond acceptors (Lipinski definition) is 7. The van der Waals surface area contributed by atoms with Crippen molar-refractivity contribution in [3.8, 4) is 5.75 Å². The molecule has 1 N–H and O–H groups in total. The molecular formula is C17H14N3O6-. The van der Waals surface area contributed by atoms with E-state index in [4.69, 9.17) is 4.74 Å². The zero-order chi connectivity index (χ0) is 19.1. The second kappa shape index (κ2) is 8.38. The maximum Gasteiger partial charge on any atom is 0.272 e. The minimum atomic E-state index is -1.64. The van der Waals surface area contributed by atoms with E-state index in [1.54, 1.807) is 12.1 Å². The monoisotopic (exact) mass is 356 g/mol. The van der Waals surface area contributed by atoms with E-state index in [2.05, 4.69) is 10.5 Å². The van der Waals surface area contributed by atoms with Crippen molar-refractivity contribution in [1.82, 2.24) is 5.43 Å². The Morgan fingerprint density at radius 1 is 1.15 bits per heavy atom. The third kappa shape index (κ3) is 4.63. The van der Waals surface area contributed by atoms with E-state index in [1.165, 1.54) is 43.5 Å². The van der Waals surface area contributed by atoms with Gasteiger partial charge in [-0.05, 0) is 24.3 Å². The van der Waals surface area contributed by atoms with E-state index < -0.39 is 22.5 Å². The molecule has 9 nitrogen and oxygen atoms in total. The summed E-state index contributed by atoms with van der Waals surface area (Å²) in [5.74, 6) is -1.73. The second-order valence-electron chi connectivity index (χ2n) is 5.08. The topological polar surface area (TPSA) is 134 Å². The molecule has 9 heteroatoms. The number of carboxylic acids is 1. The first kappa shape index (κ1) is 18.6. The molecule has 0 radical (unpaired) electrons. The average Bonchev–Trinajstić information content (AvgIpc) is 2.64. The minimum Gasteiger partial charge on any atom is -0.543 e. The molecule has 0 heterocycles. The minimum absolute atomic E-state index is 0.138. The van der Waals surface area contributed by atoms with Crippen molar-refractivity contribution in [3.63, 3.8) is 0 Å².